The molecule has 0 rings (SSSR count). The van der Waals surface area contributed by atoms with E-state index in [1.807, 2.05) is 4.99 Å². The molecular weight excluding hydrogens is 313 g/mol. The van der Waals surface area contributed by atoms with Crippen molar-refractivity contribution in [1.29, 1.82) is 0 Å². The van der Waals surface area contributed by atoms with Crippen LogP contribution < -0.4 is 0 Å². The van der Waals surface area contributed by atoms with Gasteiger partial charge < -0.3 is 0 Å². The Hall–Kier alpha value is 0.563. The zero-order valence-corrected chi connectivity index (χ0v) is 14.7. The minimum absolute atomic E-state index is 0.111. The van der Waals surface area contributed by atoms with Crippen molar-refractivity contribution < 1.29 is 3.76 Å². The van der Waals surface area contributed by atoms with Crippen molar-refractivity contribution in [3.8, 4) is 0 Å². The molecular formula is C12H25BrGeO. The van der Waals surface area contributed by atoms with Crippen molar-refractivity contribution in [3.63, 3.8) is 0 Å². The molecule has 0 saturated heterocycles. The van der Waals surface area contributed by atoms with Crippen molar-refractivity contribution in [1.82, 2.24) is 0 Å². The van der Waals surface area contributed by atoms with Crippen molar-refractivity contribution in [2.75, 3.05) is 0 Å². The molecule has 15 heavy (non-hydrogen) atoms. The molecule has 0 aliphatic rings. The van der Waals surface area contributed by atoms with Crippen LogP contribution in [-0.2, 0) is 3.76 Å². The van der Waals surface area contributed by atoms with E-state index >= 15 is 0 Å². The van der Waals surface area contributed by atoms with Gasteiger partial charge in [-0.2, -0.15) is 0 Å². The van der Waals surface area contributed by atoms with Crippen LogP contribution in [-0.4, -0.2) is 13.6 Å². The third kappa shape index (κ3) is 4.51. The van der Waals surface area contributed by atoms with Gasteiger partial charge in [0.15, 0.2) is 0 Å². The predicted octanol–water partition coefficient (Wildman–Crippen LogP) is 5.29. The molecule has 0 amide bonds. The summed E-state index contributed by atoms with van der Waals surface area (Å²) in [5, 5.41) is 3.73. The van der Waals surface area contributed by atoms with Crippen molar-refractivity contribution >= 4 is 29.5 Å². The quantitative estimate of drug-likeness (QED) is 0.489. The summed E-state index contributed by atoms with van der Waals surface area (Å²) >= 11 is 1.39. The van der Waals surface area contributed by atoms with Gasteiger partial charge in [-0.05, 0) is 0 Å². The molecule has 0 bridgehead atoms. The summed E-state index contributed by atoms with van der Waals surface area (Å²) in [6.07, 6.45) is 0. The summed E-state index contributed by atoms with van der Waals surface area (Å²) in [6.45, 7) is 13.4. The first kappa shape index (κ1) is 15.6. The van der Waals surface area contributed by atoms with Crippen molar-refractivity contribution in [2.45, 2.75) is 57.3 Å². The Kier molecular flexibility index (Phi) is 6.57. The summed E-state index contributed by atoms with van der Waals surface area (Å²) < 4.78 is 6.40. The Bertz CT molecular complexity index is 206. The summed E-state index contributed by atoms with van der Waals surface area (Å²) in [5.74, 6) is 1.12. The maximum atomic E-state index is 6.40. The molecule has 0 aliphatic heterocycles. The number of halogens is 1. The SMILES string of the molecule is C[CH2][Ge]([CH2]C)([CH2]C)[O]/C(=C/Br)C(C)(C)C. The molecule has 0 radical (unpaired) electrons. The average Bonchev–Trinajstić information content (AvgIpc) is 2.19. The van der Waals surface area contributed by atoms with Crippen LogP contribution in [0.1, 0.15) is 41.5 Å². The van der Waals surface area contributed by atoms with E-state index < -0.39 is 13.6 Å². The molecule has 0 aromatic heterocycles. The Morgan fingerprint density at radius 1 is 1.13 bits per heavy atom. The summed E-state index contributed by atoms with van der Waals surface area (Å²) in [7, 11) is 0. The van der Waals surface area contributed by atoms with Gasteiger partial charge in [-0.15, -0.1) is 0 Å². The molecule has 3 heteroatoms. The van der Waals surface area contributed by atoms with Crippen LogP contribution in [0, 0.1) is 5.41 Å². The molecule has 1 nitrogen and oxygen atoms in total. The van der Waals surface area contributed by atoms with Crippen LogP contribution in [0.3, 0.4) is 0 Å². The van der Waals surface area contributed by atoms with Gasteiger partial charge in [0, 0.05) is 0 Å². The van der Waals surface area contributed by atoms with Gasteiger partial charge in [-0.3, -0.25) is 0 Å². The Morgan fingerprint density at radius 2 is 1.53 bits per heavy atom. The van der Waals surface area contributed by atoms with Crippen LogP contribution in [0.25, 0.3) is 0 Å². The fraction of sp³-hybridized carbons (Fsp3) is 0.833. The van der Waals surface area contributed by atoms with Crippen LogP contribution in [0.5, 0.6) is 0 Å². The van der Waals surface area contributed by atoms with E-state index in [4.69, 9.17) is 3.76 Å². The summed E-state index contributed by atoms with van der Waals surface area (Å²) in [5.41, 5.74) is 0.111. The van der Waals surface area contributed by atoms with E-state index in [-0.39, 0.29) is 5.41 Å². The number of rotatable bonds is 5. The molecule has 0 aliphatic carbocycles. The van der Waals surface area contributed by atoms with Crippen molar-refractivity contribution in [3.05, 3.63) is 10.7 Å². The monoisotopic (exact) mass is 338 g/mol. The first-order valence-corrected chi connectivity index (χ1v) is 12.1. The molecule has 0 atom stereocenters. The van der Waals surface area contributed by atoms with Gasteiger partial charge in [0.1, 0.15) is 0 Å². The van der Waals surface area contributed by atoms with E-state index in [2.05, 4.69) is 57.5 Å². The fourth-order valence-corrected chi connectivity index (χ4v) is 8.48. The molecule has 90 valence electrons. The van der Waals surface area contributed by atoms with E-state index in [1.165, 1.54) is 15.8 Å². The van der Waals surface area contributed by atoms with Gasteiger partial charge in [0.05, 0.1) is 0 Å². The second-order valence-corrected chi connectivity index (χ2v) is 15.4. The molecule has 0 spiro atoms. The summed E-state index contributed by atoms with van der Waals surface area (Å²) in [4.78, 5) is 1.97. The molecule has 0 N–H and O–H groups in total. The normalized spacial score (nSPS) is 14.2. The Balaban J connectivity index is 4.81. The topological polar surface area (TPSA) is 9.23 Å². The van der Waals surface area contributed by atoms with E-state index in [0.29, 0.717) is 0 Å². The Morgan fingerprint density at radius 3 is 1.73 bits per heavy atom. The minimum atomic E-state index is -2.04. The zero-order chi connectivity index (χ0) is 12.1. The predicted molar refractivity (Wildman–Crippen MR) is 74.7 cm³/mol. The number of hydrogen-bond donors (Lipinski definition) is 0. The molecule has 0 aromatic carbocycles. The van der Waals surface area contributed by atoms with Gasteiger partial charge in [0.25, 0.3) is 0 Å². The standard InChI is InChI=1S/C12H25BrGeO/c1-7-14(8-2,9-3)15-11(10-13)12(4,5)6/h10H,7-9H2,1-6H3/b11-10+. The second kappa shape index (κ2) is 6.34. The van der Waals surface area contributed by atoms with Gasteiger partial charge >= 0.3 is 107 Å². The van der Waals surface area contributed by atoms with E-state index in [0.717, 1.165) is 5.76 Å². The zero-order valence-electron chi connectivity index (χ0n) is 11.0. The molecule has 0 heterocycles. The molecule has 0 fully saturated rings. The second-order valence-electron chi connectivity index (χ2n) is 5.07. The third-order valence-electron chi connectivity index (χ3n) is 3.10. The molecule has 0 aromatic rings. The van der Waals surface area contributed by atoms with Crippen LogP contribution in [0.15, 0.2) is 10.7 Å². The molecule has 0 saturated carbocycles. The van der Waals surface area contributed by atoms with Crippen LogP contribution >= 0.6 is 15.9 Å². The number of hydrogen-bond acceptors (Lipinski definition) is 1. The maximum absolute atomic E-state index is 6.40. The fourth-order valence-electron chi connectivity index (χ4n) is 1.54. The van der Waals surface area contributed by atoms with E-state index in [9.17, 15) is 0 Å². The van der Waals surface area contributed by atoms with Crippen LogP contribution in [0.2, 0.25) is 15.8 Å². The van der Waals surface area contributed by atoms with Gasteiger partial charge in [-0.25, -0.2) is 0 Å². The number of allylic oxidation sites excluding steroid dienone is 1. The Labute approximate surface area is 106 Å². The first-order chi connectivity index (χ1) is 6.85. The summed E-state index contributed by atoms with van der Waals surface area (Å²) in [6, 6.07) is 0. The van der Waals surface area contributed by atoms with Crippen LogP contribution in [0.4, 0.5) is 0 Å². The van der Waals surface area contributed by atoms with E-state index in [1.54, 1.807) is 0 Å². The first-order valence-electron chi connectivity index (χ1n) is 5.85. The van der Waals surface area contributed by atoms with Gasteiger partial charge in [0.2, 0.25) is 0 Å². The molecule has 0 unspecified atom stereocenters. The van der Waals surface area contributed by atoms with Gasteiger partial charge in [-0.1, -0.05) is 0 Å². The third-order valence-corrected chi connectivity index (χ3v) is 13.0. The van der Waals surface area contributed by atoms with Crippen molar-refractivity contribution in [2.24, 2.45) is 5.41 Å². The average molecular weight is 338 g/mol.